The number of nitrogens with one attached hydrogen (secondary N) is 1. The summed E-state index contributed by atoms with van der Waals surface area (Å²) in [6.07, 6.45) is 0.160. The molecule has 0 bridgehead atoms. The summed E-state index contributed by atoms with van der Waals surface area (Å²) in [6, 6.07) is 6.51. The van der Waals surface area contributed by atoms with Crippen LogP contribution in [-0.2, 0) is 20.7 Å². The Morgan fingerprint density at radius 1 is 1.33 bits per heavy atom. The number of carboxylic acids is 1. The Bertz CT molecular complexity index is 414. The molecule has 98 valence electrons. The number of carboxylic acid groups (broad SMARTS) is 1. The first-order valence-electron chi connectivity index (χ1n) is 5.59. The minimum atomic E-state index is -1.10. The largest absolute Gasteiger partial charge is 0.480 e. The van der Waals surface area contributed by atoms with E-state index in [0.717, 1.165) is 11.1 Å². The fourth-order valence-corrected chi connectivity index (χ4v) is 1.48. The summed E-state index contributed by atoms with van der Waals surface area (Å²) in [5, 5.41) is 11.3. The van der Waals surface area contributed by atoms with Gasteiger partial charge in [-0.25, -0.2) is 4.79 Å². The zero-order valence-electron chi connectivity index (χ0n) is 10.5. The van der Waals surface area contributed by atoms with Gasteiger partial charge in [0.15, 0.2) is 6.04 Å². The lowest BCUT2D eigenvalue weighted by Crippen LogP contribution is -2.44. The molecule has 1 rings (SSSR count). The molecule has 0 heterocycles. The van der Waals surface area contributed by atoms with Gasteiger partial charge in [-0.15, -0.1) is 0 Å². The van der Waals surface area contributed by atoms with E-state index in [4.69, 9.17) is 9.84 Å². The minimum Gasteiger partial charge on any atom is -0.480 e. The number of ether oxygens (including phenoxy) is 1. The van der Waals surface area contributed by atoms with Crippen LogP contribution in [0.15, 0.2) is 24.3 Å². The summed E-state index contributed by atoms with van der Waals surface area (Å²) in [5.41, 5.74) is 1.96. The first-order chi connectivity index (χ1) is 8.52. The number of carbonyl (C=O) groups is 2. The number of aliphatic carboxylic acids is 1. The molecule has 0 fully saturated rings. The molecule has 0 aromatic heterocycles. The Hall–Kier alpha value is -1.88. The van der Waals surface area contributed by atoms with E-state index in [-0.39, 0.29) is 18.9 Å². The van der Waals surface area contributed by atoms with E-state index < -0.39 is 12.0 Å². The van der Waals surface area contributed by atoms with Crippen LogP contribution in [0.2, 0.25) is 0 Å². The van der Waals surface area contributed by atoms with Crippen LogP contribution in [0.3, 0.4) is 0 Å². The normalized spacial score (nSPS) is 11.9. The Labute approximate surface area is 106 Å². The molecule has 0 aliphatic heterocycles. The smallest absolute Gasteiger partial charge is 0.328 e. The molecule has 1 aromatic rings. The van der Waals surface area contributed by atoms with Crippen molar-refractivity contribution in [2.24, 2.45) is 0 Å². The van der Waals surface area contributed by atoms with Crippen LogP contribution in [-0.4, -0.2) is 36.7 Å². The molecule has 1 amide bonds. The van der Waals surface area contributed by atoms with E-state index in [1.54, 1.807) is 0 Å². The van der Waals surface area contributed by atoms with Gasteiger partial charge in [-0.1, -0.05) is 29.8 Å². The second-order valence-corrected chi connectivity index (χ2v) is 4.08. The first-order valence-corrected chi connectivity index (χ1v) is 5.59. The Morgan fingerprint density at radius 2 is 1.94 bits per heavy atom. The molecular formula is C13H17NO4. The van der Waals surface area contributed by atoms with Crippen LogP contribution >= 0.6 is 0 Å². The van der Waals surface area contributed by atoms with Crippen molar-refractivity contribution in [2.45, 2.75) is 19.4 Å². The SMILES string of the molecule is COCC(NC(=O)Cc1ccc(C)cc1)C(=O)O. The van der Waals surface area contributed by atoms with Crippen molar-refractivity contribution in [3.8, 4) is 0 Å². The van der Waals surface area contributed by atoms with Crippen LogP contribution in [0.1, 0.15) is 11.1 Å². The number of benzene rings is 1. The van der Waals surface area contributed by atoms with Crippen molar-refractivity contribution in [3.63, 3.8) is 0 Å². The molecule has 2 N–H and O–H groups in total. The van der Waals surface area contributed by atoms with Crippen molar-refractivity contribution >= 4 is 11.9 Å². The van der Waals surface area contributed by atoms with E-state index >= 15 is 0 Å². The highest BCUT2D eigenvalue weighted by Gasteiger charge is 2.19. The molecule has 5 heteroatoms. The Kier molecular flexibility index (Phi) is 5.32. The van der Waals surface area contributed by atoms with E-state index in [1.165, 1.54) is 7.11 Å². The summed E-state index contributed by atoms with van der Waals surface area (Å²) in [6.45, 7) is 1.91. The molecule has 1 aromatic carbocycles. The zero-order valence-corrected chi connectivity index (χ0v) is 10.5. The van der Waals surface area contributed by atoms with E-state index in [1.807, 2.05) is 31.2 Å². The second-order valence-electron chi connectivity index (χ2n) is 4.08. The molecule has 1 atom stereocenters. The highest BCUT2D eigenvalue weighted by Crippen LogP contribution is 2.04. The van der Waals surface area contributed by atoms with Gasteiger partial charge in [0.1, 0.15) is 0 Å². The van der Waals surface area contributed by atoms with Gasteiger partial charge in [-0.05, 0) is 12.5 Å². The Morgan fingerprint density at radius 3 is 2.44 bits per heavy atom. The number of hydrogen-bond acceptors (Lipinski definition) is 3. The molecule has 18 heavy (non-hydrogen) atoms. The van der Waals surface area contributed by atoms with Gasteiger partial charge in [0.25, 0.3) is 0 Å². The van der Waals surface area contributed by atoms with Crippen molar-refractivity contribution in [2.75, 3.05) is 13.7 Å². The average molecular weight is 251 g/mol. The molecule has 0 aliphatic carbocycles. The van der Waals surface area contributed by atoms with Gasteiger partial charge in [0, 0.05) is 7.11 Å². The highest BCUT2D eigenvalue weighted by atomic mass is 16.5. The molecule has 5 nitrogen and oxygen atoms in total. The summed E-state index contributed by atoms with van der Waals surface area (Å²) in [7, 11) is 1.39. The van der Waals surface area contributed by atoms with Crippen LogP contribution < -0.4 is 5.32 Å². The number of methoxy groups -OCH3 is 1. The summed E-state index contributed by atoms with van der Waals surface area (Å²) in [4.78, 5) is 22.5. The standard InChI is InChI=1S/C13H17NO4/c1-9-3-5-10(6-4-9)7-12(15)14-11(8-18-2)13(16)17/h3-6,11H,7-8H2,1-2H3,(H,14,15)(H,16,17). The maximum atomic E-state index is 11.7. The third kappa shape index (κ3) is 4.55. The van der Waals surface area contributed by atoms with Crippen molar-refractivity contribution in [1.82, 2.24) is 5.32 Å². The van der Waals surface area contributed by atoms with Gasteiger partial charge >= 0.3 is 5.97 Å². The van der Waals surface area contributed by atoms with E-state index in [0.29, 0.717) is 0 Å². The highest BCUT2D eigenvalue weighted by molar-refractivity contribution is 5.84. The summed E-state index contributed by atoms with van der Waals surface area (Å²) in [5.74, 6) is -1.43. The van der Waals surface area contributed by atoms with Crippen LogP contribution in [0.4, 0.5) is 0 Å². The number of amides is 1. The first kappa shape index (κ1) is 14.2. The van der Waals surface area contributed by atoms with Crippen LogP contribution in [0, 0.1) is 6.92 Å². The third-order valence-electron chi connectivity index (χ3n) is 2.45. The molecule has 0 saturated heterocycles. The lowest BCUT2D eigenvalue weighted by atomic mass is 10.1. The predicted octanol–water partition coefficient (Wildman–Crippen LogP) is 0.753. The lowest BCUT2D eigenvalue weighted by Gasteiger charge is -2.13. The maximum absolute atomic E-state index is 11.7. The molecule has 0 aliphatic rings. The molecule has 0 spiro atoms. The van der Waals surface area contributed by atoms with E-state index in [2.05, 4.69) is 5.32 Å². The van der Waals surface area contributed by atoms with Crippen molar-refractivity contribution in [1.29, 1.82) is 0 Å². The fraction of sp³-hybridized carbons (Fsp3) is 0.385. The van der Waals surface area contributed by atoms with Gasteiger partial charge in [-0.2, -0.15) is 0 Å². The zero-order chi connectivity index (χ0) is 13.5. The topological polar surface area (TPSA) is 75.6 Å². The minimum absolute atomic E-state index is 0.0467. The van der Waals surface area contributed by atoms with Gasteiger partial charge < -0.3 is 15.2 Å². The predicted molar refractivity (Wildman–Crippen MR) is 66.3 cm³/mol. The molecule has 0 saturated carbocycles. The maximum Gasteiger partial charge on any atom is 0.328 e. The van der Waals surface area contributed by atoms with Gasteiger partial charge in [-0.3, -0.25) is 4.79 Å². The van der Waals surface area contributed by atoms with Gasteiger partial charge in [0.05, 0.1) is 13.0 Å². The third-order valence-corrected chi connectivity index (χ3v) is 2.45. The number of hydrogen-bond donors (Lipinski definition) is 2. The van der Waals surface area contributed by atoms with Gasteiger partial charge in [0.2, 0.25) is 5.91 Å². The monoisotopic (exact) mass is 251 g/mol. The Balaban J connectivity index is 2.54. The number of rotatable bonds is 6. The number of carbonyl (C=O) groups excluding carboxylic acids is 1. The molecule has 0 radical (unpaired) electrons. The van der Waals surface area contributed by atoms with Crippen molar-refractivity contribution in [3.05, 3.63) is 35.4 Å². The molecule has 1 unspecified atom stereocenters. The lowest BCUT2D eigenvalue weighted by molar-refractivity contribution is -0.143. The quantitative estimate of drug-likeness (QED) is 0.782. The summed E-state index contributed by atoms with van der Waals surface area (Å²) >= 11 is 0. The average Bonchev–Trinajstić information content (AvgIpc) is 2.31. The second kappa shape index (κ2) is 6.76. The van der Waals surface area contributed by atoms with Crippen LogP contribution in [0.25, 0.3) is 0 Å². The van der Waals surface area contributed by atoms with Crippen molar-refractivity contribution < 1.29 is 19.4 Å². The fourth-order valence-electron chi connectivity index (χ4n) is 1.48. The van der Waals surface area contributed by atoms with E-state index in [9.17, 15) is 9.59 Å². The number of aryl methyl sites for hydroxylation is 1. The molecular weight excluding hydrogens is 234 g/mol. The van der Waals surface area contributed by atoms with Crippen LogP contribution in [0.5, 0.6) is 0 Å². The summed E-state index contributed by atoms with van der Waals surface area (Å²) < 4.78 is 4.74.